The lowest BCUT2D eigenvalue weighted by Gasteiger charge is -2.23. The molecule has 2 atom stereocenters. The predicted molar refractivity (Wildman–Crippen MR) is 73.3 cm³/mol. The Labute approximate surface area is 123 Å². The van der Waals surface area contributed by atoms with Crippen LogP contribution in [-0.2, 0) is 14.4 Å². The molecule has 1 saturated carbocycles. The second-order valence-electron chi connectivity index (χ2n) is 5.82. The van der Waals surface area contributed by atoms with Crippen LogP contribution in [0.4, 0.5) is 0 Å². The van der Waals surface area contributed by atoms with E-state index in [1.54, 1.807) is 0 Å². The lowest BCUT2D eigenvalue weighted by Crippen LogP contribution is -2.37. The maximum absolute atomic E-state index is 12.0. The van der Waals surface area contributed by atoms with Gasteiger partial charge in [0.15, 0.2) is 6.10 Å². The number of rotatable bonds is 6. The summed E-state index contributed by atoms with van der Waals surface area (Å²) in [5.41, 5.74) is 0. The van der Waals surface area contributed by atoms with Crippen LogP contribution >= 0.6 is 0 Å². The number of hydrogen-bond donors (Lipinski definition) is 3. The second kappa shape index (κ2) is 6.89. The molecule has 2 fully saturated rings. The van der Waals surface area contributed by atoms with Crippen molar-refractivity contribution in [2.75, 3.05) is 13.1 Å². The lowest BCUT2D eigenvalue weighted by atomic mass is 10.1. The van der Waals surface area contributed by atoms with E-state index in [9.17, 15) is 14.4 Å². The number of hydrogen-bond acceptors (Lipinski definition) is 4. The SMILES string of the molecule is O=C(O)C(O)CCNC(=O)C1CC(=O)N(C2CCCC2)C1. The molecule has 0 spiro atoms. The van der Waals surface area contributed by atoms with Crippen molar-refractivity contribution in [1.29, 1.82) is 0 Å². The van der Waals surface area contributed by atoms with Crippen LogP contribution in [0.2, 0.25) is 0 Å². The summed E-state index contributed by atoms with van der Waals surface area (Å²) < 4.78 is 0. The zero-order valence-corrected chi connectivity index (χ0v) is 12.0. The zero-order chi connectivity index (χ0) is 15.4. The molecule has 2 aliphatic rings. The van der Waals surface area contributed by atoms with Crippen molar-refractivity contribution < 1.29 is 24.6 Å². The molecule has 3 N–H and O–H groups in total. The van der Waals surface area contributed by atoms with Gasteiger partial charge in [-0.2, -0.15) is 0 Å². The van der Waals surface area contributed by atoms with Crippen LogP contribution in [0.3, 0.4) is 0 Å². The minimum absolute atomic E-state index is 0.0337. The molecule has 1 aliphatic heterocycles. The van der Waals surface area contributed by atoms with Crippen LogP contribution in [0.5, 0.6) is 0 Å². The monoisotopic (exact) mass is 298 g/mol. The number of nitrogens with one attached hydrogen (secondary N) is 1. The van der Waals surface area contributed by atoms with E-state index in [2.05, 4.69) is 5.32 Å². The second-order valence-corrected chi connectivity index (χ2v) is 5.82. The van der Waals surface area contributed by atoms with Gasteiger partial charge in [0.2, 0.25) is 11.8 Å². The summed E-state index contributed by atoms with van der Waals surface area (Å²) in [4.78, 5) is 36.2. The molecule has 0 aromatic heterocycles. The largest absolute Gasteiger partial charge is 0.479 e. The third kappa shape index (κ3) is 3.93. The number of aliphatic hydroxyl groups is 1. The van der Waals surface area contributed by atoms with Crippen LogP contribution in [0.25, 0.3) is 0 Å². The Morgan fingerprint density at radius 2 is 2.00 bits per heavy atom. The van der Waals surface area contributed by atoms with Gasteiger partial charge in [-0.3, -0.25) is 9.59 Å². The van der Waals surface area contributed by atoms with E-state index in [-0.39, 0.29) is 43.2 Å². The third-order valence-corrected chi connectivity index (χ3v) is 4.30. The molecule has 2 rings (SSSR count). The highest BCUT2D eigenvalue weighted by atomic mass is 16.4. The molecule has 2 unspecified atom stereocenters. The van der Waals surface area contributed by atoms with Crippen molar-refractivity contribution in [3.63, 3.8) is 0 Å². The molecule has 0 bridgehead atoms. The fourth-order valence-electron chi connectivity index (χ4n) is 3.08. The smallest absolute Gasteiger partial charge is 0.332 e. The van der Waals surface area contributed by atoms with Crippen LogP contribution in [0.1, 0.15) is 38.5 Å². The number of aliphatic carboxylic acids is 1. The van der Waals surface area contributed by atoms with Crippen molar-refractivity contribution in [1.82, 2.24) is 10.2 Å². The number of amides is 2. The highest BCUT2D eigenvalue weighted by molar-refractivity contribution is 5.89. The Kier molecular flexibility index (Phi) is 5.17. The number of aliphatic hydroxyl groups excluding tert-OH is 1. The quantitative estimate of drug-likeness (QED) is 0.626. The molecule has 2 amide bonds. The molecular weight excluding hydrogens is 276 g/mol. The zero-order valence-electron chi connectivity index (χ0n) is 12.0. The van der Waals surface area contributed by atoms with Gasteiger partial charge in [0.05, 0.1) is 5.92 Å². The number of carbonyl (C=O) groups is 3. The van der Waals surface area contributed by atoms with Crippen molar-refractivity contribution in [2.45, 2.75) is 50.7 Å². The summed E-state index contributed by atoms with van der Waals surface area (Å²) in [6.07, 6.45) is 3.04. The summed E-state index contributed by atoms with van der Waals surface area (Å²) in [5, 5.41) is 20.3. The first kappa shape index (κ1) is 15.8. The molecule has 0 radical (unpaired) electrons. The lowest BCUT2D eigenvalue weighted by molar-refractivity contribution is -0.147. The van der Waals surface area contributed by atoms with Gasteiger partial charge in [0.1, 0.15) is 0 Å². The molecule has 0 aromatic carbocycles. The first-order valence-corrected chi connectivity index (χ1v) is 7.47. The number of carboxylic acids is 1. The van der Waals surface area contributed by atoms with Gasteiger partial charge in [-0.1, -0.05) is 12.8 Å². The van der Waals surface area contributed by atoms with Gasteiger partial charge in [-0.15, -0.1) is 0 Å². The van der Waals surface area contributed by atoms with E-state index in [0.717, 1.165) is 25.7 Å². The fourth-order valence-corrected chi connectivity index (χ4v) is 3.08. The van der Waals surface area contributed by atoms with Crippen molar-refractivity contribution in [3.8, 4) is 0 Å². The van der Waals surface area contributed by atoms with E-state index in [0.29, 0.717) is 6.54 Å². The van der Waals surface area contributed by atoms with E-state index >= 15 is 0 Å². The third-order valence-electron chi connectivity index (χ3n) is 4.30. The van der Waals surface area contributed by atoms with E-state index < -0.39 is 12.1 Å². The fraction of sp³-hybridized carbons (Fsp3) is 0.786. The summed E-state index contributed by atoms with van der Waals surface area (Å²) in [7, 11) is 0. The van der Waals surface area contributed by atoms with E-state index in [1.807, 2.05) is 4.90 Å². The van der Waals surface area contributed by atoms with E-state index in [4.69, 9.17) is 10.2 Å². The van der Waals surface area contributed by atoms with Crippen LogP contribution < -0.4 is 5.32 Å². The van der Waals surface area contributed by atoms with Gasteiger partial charge in [-0.25, -0.2) is 4.79 Å². The molecule has 7 nitrogen and oxygen atoms in total. The van der Waals surface area contributed by atoms with Crippen LogP contribution in [0.15, 0.2) is 0 Å². The average Bonchev–Trinajstić information content (AvgIpc) is 3.07. The highest BCUT2D eigenvalue weighted by Gasteiger charge is 2.38. The summed E-state index contributed by atoms with van der Waals surface area (Å²) in [6, 6.07) is 0.282. The summed E-state index contributed by atoms with van der Waals surface area (Å²) in [6.45, 7) is 0.553. The molecule has 1 heterocycles. The number of nitrogens with zero attached hydrogens (tertiary/aromatic N) is 1. The first-order chi connectivity index (χ1) is 9.99. The first-order valence-electron chi connectivity index (χ1n) is 7.47. The molecule has 7 heteroatoms. The Morgan fingerprint density at radius 3 is 2.62 bits per heavy atom. The normalized spacial score (nSPS) is 24.3. The number of likely N-dealkylation sites (tertiary alicyclic amines) is 1. The molecule has 21 heavy (non-hydrogen) atoms. The summed E-state index contributed by atoms with van der Waals surface area (Å²) in [5.74, 6) is -1.86. The standard InChI is InChI=1S/C14H22N2O5/c17-11(14(20)21)5-6-15-13(19)9-7-12(18)16(8-9)10-3-1-2-4-10/h9-11,17H,1-8H2,(H,15,19)(H,20,21). The number of carbonyl (C=O) groups excluding carboxylic acids is 2. The maximum Gasteiger partial charge on any atom is 0.332 e. The molecule has 0 aromatic rings. The average molecular weight is 298 g/mol. The Morgan fingerprint density at radius 1 is 1.33 bits per heavy atom. The van der Waals surface area contributed by atoms with Gasteiger partial charge in [0, 0.05) is 32.0 Å². The molecule has 1 aliphatic carbocycles. The predicted octanol–water partition coefficient (Wildman–Crippen LogP) is -0.271. The molecular formula is C14H22N2O5. The maximum atomic E-state index is 12.0. The highest BCUT2D eigenvalue weighted by Crippen LogP contribution is 2.29. The molecule has 118 valence electrons. The van der Waals surface area contributed by atoms with Crippen molar-refractivity contribution in [3.05, 3.63) is 0 Å². The Bertz CT molecular complexity index is 420. The van der Waals surface area contributed by atoms with Gasteiger partial charge in [0.25, 0.3) is 0 Å². The number of carboxylic acid groups (broad SMARTS) is 1. The van der Waals surface area contributed by atoms with Crippen LogP contribution in [0, 0.1) is 5.92 Å². The van der Waals surface area contributed by atoms with Gasteiger partial charge in [-0.05, 0) is 12.8 Å². The van der Waals surface area contributed by atoms with Crippen LogP contribution in [-0.4, -0.2) is 58.1 Å². The van der Waals surface area contributed by atoms with Crippen molar-refractivity contribution >= 4 is 17.8 Å². The van der Waals surface area contributed by atoms with Gasteiger partial charge >= 0.3 is 5.97 Å². The van der Waals surface area contributed by atoms with Crippen molar-refractivity contribution in [2.24, 2.45) is 5.92 Å². The minimum Gasteiger partial charge on any atom is -0.479 e. The Hall–Kier alpha value is -1.63. The Balaban J connectivity index is 1.76. The topological polar surface area (TPSA) is 107 Å². The minimum atomic E-state index is -1.47. The molecule has 1 saturated heterocycles. The van der Waals surface area contributed by atoms with E-state index in [1.165, 1.54) is 0 Å². The summed E-state index contributed by atoms with van der Waals surface area (Å²) >= 11 is 0. The van der Waals surface area contributed by atoms with Gasteiger partial charge < -0.3 is 20.4 Å².